The van der Waals surface area contributed by atoms with Crippen LogP contribution in [-0.4, -0.2) is 12.4 Å². The topological polar surface area (TPSA) is 0 Å². The highest BCUT2D eigenvalue weighted by Crippen LogP contribution is 2.19. The van der Waals surface area contributed by atoms with E-state index in [9.17, 15) is 4.39 Å². The zero-order valence-corrected chi connectivity index (χ0v) is 7.46. The molecule has 1 rings (SSSR count). The predicted molar refractivity (Wildman–Crippen MR) is 48.2 cm³/mol. The maximum Gasteiger partial charge on any atom is 0.0988 e. The predicted octanol–water partition coefficient (Wildman–Crippen LogP) is 3.40. The van der Waals surface area contributed by atoms with Crippen molar-refractivity contribution in [2.45, 2.75) is 4.90 Å². The van der Waals surface area contributed by atoms with Crippen LogP contribution >= 0.6 is 23.4 Å². The fraction of sp³-hybridized carbons (Fsp3) is 0.250. The van der Waals surface area contributed by atoms with Crippen molar-refractivity contribution in [3.05, 3.63) is 29.3 Å². The summed E-state index contributed by atoms with van der Waals surface area (Å²) >= 11 is 7.16. The summed E-state index contributed by atoms with van der Waals surface area (Å²) < 4.78 is 11.7. The van der Waals surface area contributed by atoms with Crippen molar-refractivity contribution in [2.24, 2.45) is 0 Å². The van der Waals surface area contributed by atoms with Gasteiger partial charge in [-0.3, -0.25) is 4.39 Å². The van der Waals surface area contributed by atoms with E-state index in [-0.39, 0.29) is 6.67 Å². The van der Waals surface area contributed by atoms with Gasteiger partial charge in [0.15, 0.2) is 0 Å². The van der Waals surface area contributed by atoms with Crippen molar-refractivity contribution in [3.8, 4) is 0 Å². The standard InChI is InChI=1S/C8H8ClFS/c9-7-1-3-8(4-2-7)11-6-5-10/h1-4H,5-6H2. The van der Waals surface area contributed by atoms with Crippen molar-refractivity contribution in [3.63, 3.8) is 0 Å². The highest BCUT2D eigenvalue weighted by atomic mass is 35.5. The van der Waals surface area contributed by atoms with E-state index in [1.54, 1.807) is 0 Å². The Morgan fingerprint density at radius 2 is 1.91 bits per heavy atom. The smallest absolute Gasteiger partial charge is 0.0988 e. The summed E-state index contributed by atoms with van der Waals surface area (Å²) in [6, 6.07) is 7.40. The zero-order chi connectivity index (χ0) is 8.10. The van der Waals surface area contributed by atoms with E-state index in [1.165, 1.54) is 11.8 Å². The summed E-state index contributed by atoms with van der Waals surface area (Å²) in [6.45, 7) is -0.284. The number of hydrogen-bond acceptors (Lipinski definition) is 1. The van der Waals surface area contributed by atoms with E-state index < -0.39 is 0 Å². The Morgan fingerprint density at radius 3 is 2.45 bits per heavy atom. The molecule has 0 heterocycles. The van der Waals surface area contributed by atoms with Gasteiger partial charge in [-0.2, -0.15) is 0 Å². The van der Waals surface area contributed by atoms with Crippen LogP contribution in [0, 0.1) is 0 Å². The van der Waals surface area contributed by atoms with Crippen LogP contribution in [0.25, 0.3) is 0 Å². The molecule has 0 aliphatic rings. The molecule has 0 bridgehead atoms. The molecule has 0 aromatic heterocycles. The molecule has 0 fully saturated rings. The lowest BCUT2D eigenvalue weighted by molar-refractivity contribution is 0.533. The van der Waals surface area contributed by atoms with Gasteiger partial charge < -0.3 is 0 Å². The van der Waals surface area contributed by atoms with Crippen molar-refractivity contribution in [1.82, 2.24) is 0 Å². The first-order valence-corrected chi connectivity index (χ1v) is 4.63. The van der Waals surface area contributed by atoms with E-state index in [4.69, 9.17) is 11.6 Å². The van der Waals surface area contributed by atoms with Crippen LogP contribution in [0.4, 0.5) is 4.39 Å². The summed E-state index contributed by atoms with van der Waals surface area (Å²) in [5.74, 6) is 0.516. The highest BCUT2D eigenvalue weighted by molar-refractivity contribution is 7.99. The summed E-state index contributed by atoms with van der Waals surface area (Å²) in [4.78, 5) is 1.06. The van der Waals surface area contributed by atoms with Gasteiger partial charge in [-0.25, -0.2) is 0 Å². The molecule has 0 aliphatic heterocycles. The molecule has 0 spiro atoms. The number of benzene rings is 1. The van der Waals surface area contributed by atoms with E-state index in [0.717, 1.165) is 9.92 Å². The molecule has 0 amide bonds. The van der Waals surface area contributed by atoms with E-state index in [2.05, 4.69) is 0 Å². The summed E-state index contributed by atoms with van der Waals surface area (Å²) in [6.07, 6.45) is 0. The second-order valence-electron chi connectivity index (χ2n) is 1.99. The Labute approximate surface area is 74.8 Å². The average molecular weight is 191 g/mol. The first-order chi connectivity index (χ1) is 5.33. The quantitative estimate of drug-likeness (QED) is 0.659. The fourth-order valence-electron chi connectivity index (χ4n) is 0.687. The lowest BCUT2D eigenvalue weighted by Crippen LogP contribution is -1.79. The summed E-state index contributed by atoms with van der Waals surface area (Å²) in [7, 11) is 0. The Kier molecular flexibility index (Phi) is 3.73. The molecule has 0 N–H and O–H groups in total. The van der Waals surface area contributed by atoms with Gasteiger partial charge in [-0.1, -0.05) is 11.6 Å². The molecular weight excluding hydrogens is 183 g/mol. The number of rotatable bonds is 3. The number of thioether (sulfide) groups is 1. The SMILES string of the molecule is FCCSc1ccc(Cl)cc1. The highest BCUT2D eigenvalue weighted by Gasteiger charge is 1.92. The molecule has 1 aromatic carbocycles. The average Bonchev–Trinajstić information content (AvgIpc) is 2.04. The second-order valence-corrected chi connectivity index (χ2v) is 3.60. The normalized spacial score (nSPS) is 10.0. The molecule has 0 aliphatic carbocycles. The third kappa shape index (κ3) is 3.12. The van der Waals surface area contributed by atoms with E-state index in [0.29, 0.717) is 5.75 Å². The Bertz CT molecular complexity index is 210. The Balaban J connectivity index is 2.52. The maximum atomic E-state index is 11.7. The molecular formula is C8H8ClFS. The third-order valence-corrected chi connectivity index (χ3v) is 2.38. The van der Waals surface area contributed by atoms with Crippen LogP contribution < -0.4 is 0 Å². The van der Waals surface area contributed by atoms with Gasteiger partial charge in [-0.05, 0) is 24.3 Å². The van der Waals surface area contributed by atoms with Crippen LogP contribution in [0.1, 0.15) is 0 Å². The van der Waals surface area contributed by atoms with Crippen LogP contribution in [0.2, 0.25) is 5.02 Å². The Morgan fingerprint density at radius 1 is 1.27 bits per heavy atom. The van der Waals surface area contributed by atoms with Gasteiger partial charge in [0, 0.05) is 15.7 Å². The van der Waals surface area contributed by atoms with Crippen LogP contribution in [0.3, 0.4) is 0 Å². The lowest BCUT2D eigenvalue weighted by atomic mass is 10.4. The second kappa shape index (κ2) is 4.62. The van der Waals surface area contributed by atoms with Gasteiger partial charge in [0.1, 0.15) is 0 Å². The lowest BCUT2D eigenvalue weighted by Gasteiger charge is -1.97. The first kappa shape index (κ1) is 8.88. The molecule has 0 saturated heterocycles. The van der Waals surface area contributed by atoms with Crippen molar-refractivity contribution >= 4 is 23.4 Å². The third-order valence-electron chi connectivity index (χ3n) is 1.16. The van der Waals surface area contributed by atoms with Crippen molar-refractivity contribution < 1.29 is 4.39 Å². The van der Waals surface area contributed by atoms with Crippen LogP contribution in [0.15, 0.2) is 29.2 Å². The number of halogens is 2. The molecule has 0 atom stereocenters. The van der Waals surface area contributed by atoms with Crippen molar-refractivity contribution in [2.75, 3.05) is 12.4 Å². The molecule has 1 aromatic rings. The van der Waals surface area contributed by atoms with Gasteiger partial charge in [0.2, 0.25) is 0 Å². The number of alkyl halides is 1. The van der Waals surface area contributed by atoms with E-state index >= 15 is 0 Å². The van der Waals surface area contributed by atoms with E-state index in [1.807, 2.05) is 24.3 Å². The maximum absolute atomic E-state index is 11.7. The van der Waals surface area contributed by atoms with Gasteiger partial charge in [0.05, 0.1) is 6.67 Å². The molecule has 60 valence electrons. The molecule has 0 nitrogen and oxygen atoms in total. The van der Waals surface area contributed by atoms with Gasteiger partial charge in [0.25, 0.3) is 0 Å². The molecule has 3 heteroatoms. The largest absolute Gasteiger partial charge is 0.250 e. The number of hydrogen-bond donors (Lipinski definition) is 0. The minimum atomic E-state index is -0.284. The van der Waals surface area contributed by atoms with Crippen molar-refractivity contribution in [1.29, 1.82) is 0 Å². The zero-order valence-electron chi connectivity index (χ0n) is 5.89. The van der Waals surface area contributed by atoms with Crippen LogP contribution in [0.5, 0.6) is 0 Å². The minimum Gasteiger partial charge on any atom is -0.250 e. The summed E-state index contributed by atoms with van der Waals surface area (Å²) in [5.41, 5.74) is 0. The minimum absolute atomic E-state index is 0.284. The van der Waals surface area contributed by atoms with Gasteiger partial charge in [-0.15, -0.1) is 11.8 Å². The molecule has 0 saturated carbocycles. The fourth-order valence-corrected chi connectivity index (χ4v) is 1.45. The van der Waals surface area contributed by atoms with Crippen LogP contribution in [-0.2, 0) is 0 Å². The summed E-state index contributed by atoms with van der Waals surface area (Å²) in [5, 5.41) is 0.717. The molecule has 0 unspecified atom stereocenters. The Hall–Kier alpha value is -0.210. The monoisotopic (exact) mass is 190 g/mol. The first-order valence-electron chi connectivity index (χ1n) is 3.27. The molecule has 11 heavy (non-hydrogen) atoms. The molecule has 0 radical (unpaired) electrons. The van der Waals surface area contributed by atoms with Gasteiger partial charge >= 0.3 is 0 Å².